The van der Waals surface area contributed by atoms with Gasteiger partial charge in [0.05, 0.1) is 0 Å². The minimum Gasteiger partial charge on any atom is -0.338 e. The minimum atomic E-state index is 0.848. The van der Waals surface area contributed by atoms with E-state index in [1.54, 1.807) is 0 Å². The molecule has 0 spiro atoms. The van der Waals surface area contributed by atoms with Gasteiger partial charge in [-0.3, -0.25) is 4.90 Å². The molecule has 5 nitrogen and oxygen atoms in total. The highest BCUT2D eigenvalue weighted by Crippen LogP contribution is 2.33. The number of hydrogen-bond donors (Lipinski definition) is 0. The molecule has 0 bridgehead atoms. The van der Waals surface area contributed by atoms with Crippen molar-refractivity contribution in [2.24, 2.45) is 0 Å². The Kier molecular flexibility index (Phi) is 4.67. The zero-order chi connectivity index (χ0) is 18.8. The van der Waals surface area contributed by atoms with Gasteiger partial charge in [-0.05, 0) is 29.7 Å². The van der Waals surface area contributed by atoms with Crippen LogP contribution in [0.4, 0.5) is 17.5 Å². The van der Waals surface area contributed by atoms with Crippen LogP contribution in [0.3, 0.4) is 0 Å². The predicted molar refractivity (Wildman–Crippen MR) is 113 cm³/mol. The van der Waals surface area contributed by atoms with Crippen molar-refractivity contribution in [3.63, 3.8) is 0 Å². The first kappa shape index (κ1) is 17.2. The SMILES string of the molecule is c1ccc(CN2CCN(c3nccc(N4CCc5ccccc54)n3)CC2)cc1. The van der Waals surface area contributed by atoms with E-state index < -0.39 is 0 Å². The topological polar surface area (TPSA) is 35.5 Å². The van der Waals surface area contributed by atoms with Crippen molar-refractivity contribution in [1.29, 1.82) is 0 Å². The maximum absolute atomic E-state index is 4.91. The van der Waals surface area contributed by atoms with Gasteiger partial charge in [0.1, 0.15) is 5.82 Å². The van der Waals surface area contributed by atoms with Crippen LogP contribution in [0, 0.1) is 0 Å². The van der Waals surface area contributed by atoms with Gasteiger partial charge >= 0.3 is 0 Å². The van der Waals surface area contributed by atoms with Crippen LogP contribution in [0.25, 0.3) is 0 Å². The third kappa shape index (κ3) is 3.45. The first-order valence-corrected chi connectivity index (χ1v) is 10.1. The van der Waals surface area contributed by atoms with E-state index >= 15 is 0 Å². The lowest BCUT2D eigenvalue weighted by molar-refractivity contribution is 0.248. The lowest BCUT2D eigenvalue weighted by Gasteiger charge is -2.35. The lowest BCUT2D eigenvalue weighted by atomic mass is 10.2. The third-order valence-electron chi connectivity index (χ3n) is 5.70. The van der Waals surface area contributed by atoms with E-state index in [9.17, 15) is 0 Å². The Morgan fingerprint density at radius 2 is 1.57 bits per heavy atom. The number of benzene rings is 2. The van der Waals surface area contributed by atoms with E-state index in [4.69, 9.17) is 4.98 Å². The molecule has 5 rings (SSSR count). The van der Waals surface area contributed by atoms with Gasteiger partial charge in [-0.25, -0.2) is 4.98 Å². The van der Waals surface area contributed by atoms with Crippen LogP contribution >= 0.6 is 0 Å². The van der Waals surface area contributed by atoms with Crippen molar-refractivity contribution in [2.75, 3.05) is 42.5 Å². The molecule has 1 fully saturated rings. The van der Waals surface area contributed by atoms with E-state index in [-0.39, 0.29) is 0 Å². The molecule has 0 N–H and O–H groups in total. The fourth-order valence-corrected chi connectivity index (χ4v) is 4.17. The van der Waals surface area contributed by atoms with Crippen LogP contribution in [0.5, 0.6) is 0 Å². The lowest BCUT2D eigenvalue weighted by Crippen LogP contribution is -2.46. The summed E-state index contributed by atoms with van der Waals surface area (Å²) in [6.45, 7) is 6.00. The van der Waals surface area contributed by atoms with E-state index in [1.807, 2.05) is 12.3 Å². The summed E-state index contributed by atoms with van der Waals surface area (Å²) in [5.74, 6) is 1.85. The number of nitrogens with zero attached hydrogens (tertiary/aromatic N) is 5. The summed E-state index contributed by atoms with van der Waals surface area (Å²) in [7, 11) is 0. The standard InChI is InChI=1S/C23H25N5/c1-2-6-19(7-3-1)18-26-14-16-27(17-15-26)23-24-12-10-22(25-23)28-13-11-20-8-4-5-9-21(20)28/h1-10,12H,11,13-18H2. The van der Waals surface area contributed by atoms with E-state index in [0.717, 1.165) is 57.5 Å². The van der Waals surface area contributed by atoms with Crippen LogP contribution < -0.4 is 9.80 Å². The molecule has 28 heavy (non-hydrogen) atoms. The van der Waals surface area contributed by atoms with E-state index in [1.165, 1.54) is 16.8 Å². The maximum atomic E-state index is 4.91. The van der Waals surface area contributed by atoms with Crippen LogP contribution in [0.1, 0.15) is 11.1 Å². The summed E-state index contributed by atoms with van der Waals surface area (Å²) in [6, 6.07) is 21.3. The largest absolute Gasteiger partial charge is 0.338 e. The molecule has 3 heterocycles. The van der Waals surface area contributed by atoms with Gasteiger partial charge in [-0.2, -0.15) is 4.98 Å². The minimum absolute atomic E-state index is 0.848. The predicted octanol–water partition coefficient (Wildman–Crippen LogP) is 3.49. The number of piperazine rings is 1. The van der Waals surface area contributed by atoms with Crippen molar-refractivity contribution in [2.45, 2.75) is 13.0 Å². The second-order valence-electron chi connectivity index (χ2n) is 7.49. The third-order valence-corrected chi connectivity index (χ3v) is 5.70. The van der Waals surface area contributed by atoms with Crippen LogP contribution in [0.15, 0.2) is 66.9 Å². The number of para-hydroxylation sites is 1. The Hall–Kier alpha value is -2.92. The van der Waals surface area contributed by atoms with Gasteiger partial charge in [0, 0.05) is 51.2 Å². The molecule has 0 saturated carbocycles. The molecule has 2 aromatic carbocycles. The quantitative estimate of drug-likeness (QED) is 0.701. The molecule has 1 saturated heterocycles. The zero-order valence-electron chi connectivity index (χ0n) is 16.0. The number of fused-ring (bicyclic) bond motifs is 1. The fourth-order valence-electron chi connectivity index (χ4n) is 4.17. The van der Waals surface area contributed by atoms with Gasteiger partial charge in [0.2, 0.25) is 5.95 Å². The van der Waals surface area contributed by atoms with Crippen LogP contribution in [-0.4, -0.2) is 47.6 Å². The fraction of sp³-hybridized carbons (Fsp3) is 0.304. The van der Waals surface area contributed by atoms with Crippen LogP contribution in [-0.2, 0) is 13.0 Å². The zero-order valence-corrected chi connectivity index (χ0v) is 16.0. The van der Waals surface area contributed by atoms with Gasteiger partial charge in [0.15, 0.2) is 0 Å². The molecule has 5 heteroatoms. The molecular weight excluding hydrogens is 346 g/mol. The van der Waals surface area contributed by atoms with Gasteiger partial charge in [0.25, 0.3) is 0 Å². The van der Waals surface area contributed by atoms with Crippen molar-refractivity contribution < 1.29 is 0 Å². The Labute approximate surface area is 166 Å². The van der Waals surface area contributed by atoms with Gasteiger partial charge in [-0.15, -0.1) is 0 Å². The summed E-state index contributed by atoms with van der Waals surface area (Å²) in [4.78, 5) is 16.6. The molecule has 0 amide bonds. The van der Waals surface area contributed by atoms with E-state index in [2.05, 4.69) is 74.3 Å². The summed E-state index contributed by atoms with van der Waals surface area (Å²) in [5, 5.41) is 0. The molecule has 0 atom stereocenters. The summed E-state index contributed by atoms with van der Waals surface area (Å²) in [6.07, 6.45) is 2.97. The van der Waals surface area contributed by atoms with E-state index in [0.29, 0.717) is 0 Å². The molecule has 0 unspecified atom stereocenters. The first-order chi connectivity index (χ1) is 13.9. The number of rotatable bonds is 4. The average Bonchev–Trinajstić information content (AvgIpc) is 3.19. The first-order valence-electron chi connectivity index (χ1n) is 10.1. The molecule has 142 valence electrons. The summed E-state index contributed by atoms with van der Waals surface area (Å²) < 4.78 is 0. The molecule has 1 aromatic heterocycles. The second-order valence-corrected chi connectivity index (χ2v) is 7.49. The van der Waals surface area contributed by atoms with Crippen LogP contribution in [0.2, 0.25) is 0 Å². The highest BCUT2D eigenvalue weighted by molar-refractivity contribution is 5.67. The average molecular weight is 371 g/mol. The molecule has 3 aromatic rings. The molecule has 2 aliphatic heterocycles. The molecule has 0 radical (unpaired) electrons. The maximum Gasteiger partial charge on any atom is 0.227 e. The second kappa shape index (κ2) is 7.60. The van der Waals surface area contributed by atoms with Gasteiger partial charge < -0.3 is 9.80 Å². The highest BCUT2D eigenvalue weighted by atomic mass is 15.3. The molecular formula is C23H25N5. The van der Waals surface area contributed by atoms with Crippen molar-refractivity contribution in [1.82, 2.24) is 14.9 Å². The van der Waals surface area contributed by atoms with Gasteiger partial charge in [-0.1, -0.05) is 48.5 Å². The Bertz CT molecular complexity index is 934. The monoisotopic (exact) mass is 371 g/mol. The summed E-state index contributed by atoms with van der Waals surface area (Å²) >= 11 is 0. The Balaban J connectivity index is 1.26. The number of hydrogen-bond acceptors (Lipinski definition) is 5. The highest BCUT2D eigenvalue weighted by Gasteiger charge is 2.23. The van der Waals surface area contributed by atoms with Crippen molar-refractivity contribution >= 4 is 17.5 Å². The normalized spacial score (nSPS) is 17.0. The summed E-state index contributed by atoms with van der Waals surface area (Å²) in [5.41, 5.74) is 4.05. The number of anilines is 3. The smallest absolute Gasteiger partial charge is 0.227 e. The molecule has 0 aliphatic carbocycles. The Morgan fingerprint density at radius 1 is 0.786 bits per heavy atom. The molecule has 2 aliphatic rings. The van der Waals surface area contributed by atoms with Crippen molar-refractivity contribution in [3.05, 3.63) is 78.0 Å². The number of aromatic nitrogens is 2. The van der Waals surface area contributed by atoms with Crippen molar-refractivity contribution in [3.8, 4) is 0 Å². The Morgan fingerprint density at radius 3 is 2.43 bits per heavy atom.